The van der Waals surface area contributed by atoms with Crippen molar-refractivity contribution in [1.29, 1.82) is 0 Å². The van der Waals surface area contributed by atoms with Crippen LogP contribution in [0.15, 0.2) is 16.8 Å². The number of unbranched alkanes of at least 4 members (excludes halogenated alkanes) is 11. The monoisotopic (exact) mass is 642 g/mol. The Bertz CT molecular complexity index is 915. The summed E-state index contributed by atoms with van der Waals surface area (Å²) < 4.78 is 42.7. The summed E-state index contributed by atoms with van der Waals surface area (Å²) in [6.45, 7) is 2.92. The zero-order chi connectivity index (χ0) is 33.7. The van der Waals surface area contributed by atoms with E-state index in [0.717, 1.165) is 19.3 Å². The highest BCUT2D eigenvalue weighted by atomic mass is 19.4. The Morgan fingerprint density at radius 2 is 1.48 bits per heavy atom. The maximum atomic E-state index is 12.7. The third-order valence-electron chi connectivity index (χ3n) is 6.57. The Morgan fingerprint density at radius 1 is 1.00 bits per heavy atom. The highest BCUT2D eigenvalue weighted by Gasteiger charge is 2.44. The summed E-state index contributed by atoms with van der Waals surface area (Å²) in [4.78, 5) is 37.3. The van der Waals surface area contributed by atoms with Gasteiger partial charge in [0.15, 0.2) is 5.96 Å². The van der Waals surface area contributed by atoms with E-state index >= 15 is 0 Å². The molecule has 0 aromatic heterocycles. The van der Waals surface area contributed by atoms with Crippen molar-refractivity contribution in [1.82, 2.24) is 5.32 Å². The van der Waals surface area contributed by atoms with Crippen LogP contribution in [-0.2, 0) is 23.9 Å². The number of aliphatic imine (C=N–C) groups is 1. The quantitative estimate of drug-likeness (QED) is 0.0467. The molecule has 0 saturated carbocycles. The average Bonchev–Trinajstić information content (AvgIpc) is 2.94. The molecule has 0 fully saturated rings. The van der Waals surface area contributed by atoms with Gasteiger partial charge >= 0.3 is 18.1 Å². The number of alkyl halides is 3. The summed E-state index contributed by atoms with van der Waals surface area (Å²) in [5.74, 6) is -4.54. The Kier molecular flexibility index (Phi) is 20.8. The van der Waals surface area contributed by atoms with Crippen molar-refractivity contribution in [2.24, 2.45) is 16.5 Å². The first-order valence-corrected chi connectivity index (χ1v) is 14.8. The van der Waals surface area contributed by atoms with Crippen LogP contribution < -0.4 is 16.8 Å². The Labute approximate surface area is 255 Å². The second-order valence-corrected chi connectivity index (χ2v) is 10.5. The molecule has 0 spiro atoms. The molecule has 4 unspecified atom stereocenters. The van der Waals surface area contributed by atoms with Crippen LogP contribution in [0, 0.1) is 0 Å². The molecule has 0 saturated heterocycles. The van der Waals surface area contributed by atoms with Crippen molar-refractivity contribution < 1.29 is 57.5 Å². The number of nitrogens with zero attached hydrogens (tertiary/aromatic N) is 1. The van der Waals surface area contributed by atoms with E-state index < -0.39 is 61.0 Å². The summed E-state index contributed by atoms with van der Waals surface area (Å²) >= 11 is 0. The van der Waals surface area contributed by atoms with Gasteiger partial charge in [-0.2, -0.15) is 13.2 Å². The van der Waals surface area contributed by atoms with Gasteiger partial charge in [0.05, 0.1) is 25.3 Å². The minimum Gasteiger partial charge on any atom is -0.478 e. The van der Waals surface area contributed by atoms with E-state index in [1.807, 2.05) is 0 Å². The number of hydrogen-bond donors (Lipinski definition) is 7. The standard InChI is InChI=1S/C26H48N4O7.C2HF3O2/c1-3-4-5-6-7-8-9-10-11-12-13-14-15-36-25(35)21-16-19(30-26(27)28)22(29-18(2)32)24(37-21)23(34)20(33)17-31;3-2(4,5)1(6)7/h16,19-20,22-24,31,33-34H,3-15,17H2,1-2H3,(H,29,32)(H4,27,28,30);(H,6,7)/t19?,20?,22?,23?,24-;/m1./s1. The summed E-state index contributed by atoms with van der Waals surface area (Å²) in [7, 11) is 0. The molecule has 1 rings (SSSR count). The zero-order valence-electron chi connectivity index (χ0n) is 25.4. The predicted molar refractivity (Wildman–Crippen MR) is 155 cm³/mol. The van der Waals surface area contributed by atoms with Gasteiger partial charge in [0.1, 0.15) is 18.3 Å². The molecule has 0 radical (unpaired) electrons. The van der Waals surface area contributed by atoms with E-state index in [1.54, 1.807) is 0 Å². The third kappa shape index (κ3) is 17.9. The molecule has 13 nitrogen and oxygen atoms in total. The van der Waals surface area contributed by atoms with Crippen molar-refractivity contribution >= 4 is 23.8 Å². The van der Waals surface area contributed by atoms with Crippen molar-refractivity contribution in [3.05, 3.63) is 11.8 Å². The summed E-state index contributed by atoms with van der Waals surface area (Å²) in [6.07, 6.45) is 5.93. The fourth-order valence-electron chi connectivity index (χ4n) is 4.31. The van der Waals surface area contributed by atoms with Crippen molar-refractivity contribution in [3.63, 3.8) is 0 Å². The number of esters is 1. The van der Waals surface area contributed by atoms with Gasteiger partial charge in [-0.25, -0.2) is 14.6 Å². The number of carbonyl (C=O) groups excluding carboxylic acids is 2. The molecule has 0 bridgehead atoms. The fourth-order valence-corrected chi connectivity index (χ4v) is 4.31. The van der Waals surface area contributed by atoms with Crippen LogP contribution in [-0.4, -0.2) is 94.0 Å². The van der Waals surface area contributed by atoms with Crippen LogP contribution in [0.25, 0.3) is 0 Å². The lowest BCUT2D eigenvalue weighted by Gasteiger charge is -2.38. The molecule has 16 heteroatoms. The molecule has 1 aliphatic rings. The van der Waals surface area contributed by atoms with Crippen molar-refractivity contribution in [3.8, 4) is 0 Å². The maximum absolute atomic E-state index is 12.7. The molecule has 1 aliphatic heterocycles. The second-order valence-electron chi connectivity index (χ2n) is 10.5. The molecule has 5 atom stereocenters. The molecule has 9 N–H and O–H groups in total. The number of aliphatic hydroxyl groups is 3. The Balaban J connectivity index is 0.00000234. The first-order valence-electron chi connectivity index (χ1n) is 14.8. The number of aliphatic hydroxyl groups excluding tert-OH is 3. The molecule has 1 heterocycles. The number of carboxylic acids is 1. The van der Waals surface area contributed by atoms with Crippen LogP contribution in [0.1, 0.15) is 90.9 Å². The van der Waals surface area contributed by atoms with Crippen LogP contribution in [0.5, 0.6) is 0 Å². The van der Waals surface area contributed by atoms with E-state index in [4.69, 9.17) is 30.8 Å². The smallest absolute Gasteiger partial charge is 0.478 e. The van der Waals surface area contributed by atoms with E-state index in [2.05, 4.69) is 17.2 Å². The minimum absolute atomic E-state index is 0.200. The van der Waals surface area contributed by atoms with Gasteiger partial charge in [0.25, 0.3) is 0 Å². The molecule has 256 valence electrons. The van der Waals surface area contributed by atoms with Gasteiger partial charge in [-0.3, -0.25) is 4.79 Å². The Morgan fingerprint density at radius 3 is 1.89 bits per heavy atom. The highest BCUT2D eigenvalue weighted by Crippen LogP contribution is 2.25. The lowest BCUT2D eigenvalue weighted by atomic mass is 9.92. The van der Waals surface area contributed by atoms with E-state index in [1.165, 1.54) is 64.4 Å². The number of amides is 1. The normalized spacial score (nSPS) is 19.3. The largest absolute Gasteiger partial charge is 0.490 e. The summed E-state index contributed by atoms with van der Waals surface area (Å²) in [6, 6.07) is -1.98. The average molecular weight is 643 g/mol. The van der Waals surface area contributed by atoms with Gasteiger partial charge < -0.3 is 46.7 Å². The van der Waals surface area contributed by atoms with Crippen molar-refractivity contribution in [2.45, 2.75) is 127 Å². The van der Waals surface area contributed by atoms with Gasteiger partial charge in [-0.05, 0) is 12.5 Å². The predicted octanol–water partition coefficient (Wildman–Crippen LogP) is 2.01. The first kappa shape index (κ1) is 40.9. The number of hydrogen-bond acceptors (Lipinski definition) is 9. The van der Waals surface area contributed by atoms with Gasteiger partial charge in [0.2, 0.25) is 11.7 Å². The number of carbonyl (C=O) groups is 3. The van der Waals surface area contributed by atoms with Gasteiger partial charge in [-0.1, -0.05) is 77.6 Å². The topological polar surface area (TPSA) is 227 Å². The highest BCUT2D eigenvalue weighted by molar-refractivity contribution is 5.87. The fraction of sp³-hybridized carbons (Fsp3) is 0.786. The first-order chi connectivity index (χ1) is 20.6. The lowest BCUT2D eigenvalue weighted by molar-refractivity contribution is -0.192. The third-order valence-corrected chi connectivity index (χ3v) is 6.57. The number of nitrogens with two attached hydrogens (primary N) is 2. The Hall–Kier alpha value is -3.11. The number of ether oxygens (including phenoxy) is 2. The van der Waals surface area contributed by atoms with E-state index in [9.17, 15) is 38.1 Å². The maximum Gasteiger partial charge on any atom is 0.490 e. The SMILES string of the molecule is CCCCCCCCCCCCCCOC(=O)C1=CC(N=C(N)N)C(NC(C)=O)[C@H](C(O)C(O)CO)O1.O=C(O)C(F)(F)F. The molecule has 1 amide bonds. The number of carboxylic acid groups (broad SMARTS) is 1. The molecule has 0 aliphatic carbocycles. The molecule has 44 heavy (non-hydrogen) atoms. The summed E-state index contributed by atoms with van der Waals surface area (Å²) in [5, 5.41) is 39.4. The van der Waals surface area contributed by atoms with Gasteiger partial charge in [-0.15, -0.1) is 0 Å². The van der Waals surface area contributed by atoms with Crippen LogP contribution in [0.2, 0.25) is 0 Å². The zero-order valence-corrected chi connectivity index (χ0v) is 25.4. The van der Waals surface area contributed by atoms with Gasteiger partial charge in [0, 0.05) is 6.92 Å². The lowest BCUT2D eigenvalue weighted by Crippen LogP contribution is -2.59. The number of halogens is 3. The number of aliphatic carboxylic acids is 1. The number of guanidine groups is 1. The number of nitrogens with one attached hydrogen (secondary N) is 1. The van der Waals surface area contributed by atoms with Crippen LogP contribution in [0.4, 0.5) is 13.2 Å². The van der Waals surface area contributed by atoms with Crippen molar-refractivity contribution in [2.75, 3.05) is 13.2 Å². The molecule has 0 aromatic carbocycles. The molecular weight excluding hydrogens is 593 g/mol. The molecule has 0 aromatic rings. The molecular formula is C28H49F3N4O9. The minimum atomic E-state index is -5.08. The van der Waals surface area contributed by atoms with Crippen LogP contribution in [0.3, 0.4) is 0 Å². The summed E-state index contributed by atoms with van der Waals surface area (Å²) in [5.41, 5.74) is 11.0. The van der Waals surface area contributed by atoms with E-state index in [-0.39, 0.29) is 18.3 Å². The van der Waals surface area contributed by atoms with E-state index in [0.29, 0.717) is 6.42 Å². The second kappa shape index (κ2) is 22.4. The van der Waals surface area contributed by atoms with Crippen LogP contribution >= 0.6 is 0 Å². The number of rotatable bonds is 19.